The molecule has 2 aromatic carbocycles. The Morgan fingerprint density at radius 2 is 1.70 bits per heavy atom. The van der Waals surface area contributed by atoms with Crippen LogP contribution in [0.25, 0.3) is 0 Å². The minimum Gasteiger partial charge on any atom is -0.496 e. The zero-order valence-corrected chi connectivity index (χ0v) is 11.4. The average molecular weight is 269 g/mol. The van der Waals surface area contributed by atoms with Gasteiger partial charge in [0.25, 0.3) is 0 Å². The second-order valence-corrected chi connectivity index (χ2v) is 4.08. The maximum atomic E-state index is 8.93. The smallest absolute Gasteiger partial charge is 0.162 e. The standard InChI is InChI=1S/C16H15NO3/c1-18-14-6-4-3-5-13(14)11-20-16-9-12(10-17)7-8-15(16)19-2/h3-9H,11H2,1-2H3. The van der Waals surface area contributed by atoms with Crippen LogP contribution in [0.1, 0.15) is 11.1 Å². The molecule has 0 spiro atoms. The Balaban J connectivity index is 2.20. The van der Waals surface area contributed by atoms with Crippen LogP contribution in [-0.4, -0.2) is 14.2 Å². The molecule has 102 valence electrons. The second kappa shape index (κ2) is 6.48. The molecule has 2 rings (SSSR count). The molecule has 2 aromatic rings. The van der Waals surface area contributed by atoms with Crippen molar-refractivity contribution >= 4 is 0 Å². The quantitative estimate of drug-likeness (QED) is 0.836. The first-order chi connectivity index (χ1) is 9.78. The van der Waals surface area contributed by atoms with Crippen LogP contribution in [0.15, 0.2) is 42.5 Å². The monoisotopic (exact) mass is 269 g/mol. The molecule has 0 aliphatic rings. The van der Waals surface area contributed by atoms with E-state index in [1.165, 1.54) is 0 Å². The van der Waals surface area contributed by atoms with Crippen molar-refractivity contribution in [1.82, 2.24) is 0 Å². The summed E-state index contributed by atoms with van der Waals surface area (Å²) >= 11 is 0. The third kappa shape index (κ3) is 3.01. The lowest BCUT2D eigenvalue weighted by atomic mass is 10.2. The van der Waals surface area contributed by atoms with Gasteiger partial charge in [-0.2, -0.15) is 5.26 Å². The molecule has 20 heavy (non-hydrogen) atoms. The second-order valence-electron chi connectivity index (χ2n) is 4.08. The lowest BCUT2D eigenvalue weighted by Gasteiger charge is -2.12. The molecule has 0 aliphatic heterocycles. The predicted octanol–water partition coefficient (Wildman–Crippen LogP) is 3.15. The van der Waals surface area contributed by atoms with Gasteiger partial charge in [0.15, 0.2) is 11.5 Å². The molecular weight excluding hydrogens is 254 g/mol. The Morgan fingerprint density at radius 3 is 2.40 bits per heavy atom. The maximum Gasteiger partial charge on any atom is 0.162 e. The van der Waals surface area contributed by atoms with E-state index in [0.29, 0.717) is 23.7 Å². The number of nitriles is 1. The fourth-order valence-corrected chi connectivity index (χ4v) is 1.84. The van der Waals surface area contributed by atoms with E-state index in [1.54, 1.807) is 32.4 Å². The molecule has 0 heterocycles. The average Bonchev–Trinajstić information content (AvgIpc) is 2.52. The van der Waals surface area contributed by atoms with E-state index in [0.717, 1.165) is 11.3 Å². The molecule has 0 unspecified atom stereocenters. The van der Waals surface area contributed by atoms with Crippen molar-refractivity contribution in [2.45, 2.75) is 6.61 Å². The van der Waals surface area contributed by atoms with E-state index in [2.05, 4.69) is 6.07 Å². The summed E-state index contributed by atoms with van der Waals surface area (Å²) in [6.45, 7) is 0.343. The van der Waals surface area contributed by atoms with Crippen LogP contribution in [0, 0.1) is 11.3 Å². The van der Waals surface area contributed by atoms with Gasteiger partial charge in [-0.05, 0) is 18.2 Å². The Bertz CT molecular complexity index is 632. The van der Waals surface area contributed by atoms with Gasteiger partial charge in [-0.25, -0.2) is 0 Å². The molecule has 0 aromatic heterocycles. The molecule has 0 N–H and O–H groups in total. The lowest BCUT2D eigenvalue weighted by Crippen LogP contribution is -2.00. The minimum absolute atomic E-state index is 0.343. The third-order valence-electron chi connectivity index (χ3n) is 2.87. The molecule has 4 heteroatoms. The number of methoxy groups -OCH3 is 2. The Kier molecular flexibility index (Phi) is 4.46. The maximum absolute atomic E-state index is 8.93. The molecule has 0 bridgehead atoms. The molecule has 0 saturated heterocycles. The van der Waals surface area contributed by atoms with Gasteiger partial charge < -0.3 is 14.2 Å². The number of nitrogens with zero attached hydrogens (tertiary/aromatic N) is 1. The fraction of sp³-hybridized carbons (Fsp3) is 0.188. The molecule has 0 atom stereocenters. The van der Waals surface area contributed by atoms with Crippen molar-refractivity contribution in [3.8, 4) is 23.3 Å². The topological polar surface area (TPSA) is 51.5 Å². The zero-order chi connectivity index (χ0) is 14.4. The van der Waals surface area contributed by atoms with Crippen molar-refractivity contribution < 1.29 is 14.2 Å². The first-order valence-electron chi connectivity index (χ1n) is 6.11. The number of hydrogen-bond donors (Lipinski definition) is 0. The highest BCUT2D eigenvalue weighted by atomic mass is 16.5. The number of hydrogen-bond acceptors (Lipinski definition) is 4. The van der Waals surface area contributed by atoms with Crippen LogP contribution in [0.2, 0.25) is 0 Å². The zero-order valence-electron chi connectivity index (χ0n) is 11.4. The Labute approximate surface area is 118 Å². The van der Waals surface area contributed by atoms with Crippen LogP contribution in [0.5, 0.6) is 17.2 Å². The van der Waals surface area contributed by atoms with Gasteiger partial charge in [-0.3, -0.25) is 0 Å². The van der Waals surface area contributed by atoms with E-state index in [-0.39, 0.29) is 0 Å². The highest BCUT2D eigenvalue weighted by Gasteiger charge is 2.08. The molecule has 0 fully saturated rings. The summed E-state index contributed by atoms with van der Waals surface area (Å²) in [7, 11) is 3.19. The third-order valence-corrected chi connectivity index (χ3v) is 2.87. The number of para-hydroxylation sites is 1. The summed E-state index contributed by atoms with van der Waals surface area (Å²) in [5, 5.41) is 8.93. The van der Waals surface area contributed by atoms with Crippen molar-refractivity contribution in [1.29, 1.82) is 5.26 Å². The SMILES string of the molecule is COc1ccccc1COc1cc(C#N)ccc1OC. The van der Waals surface area contributed by atoms with Gasteiger partial charge in [-0.15, -0.1) is 0 Å². The van der Waals surface area contributed by atoms with E-state index in [1.807, 2.05) is 24.3 Å². The van der Waals surface area contributed by atoms with E-state index in [9.17, 15) is 0 Å². The number of benzene rings is 2. The fourth-order valence-electron chi connectivity index (χ4n) is 1.84. The molecule has 0 radical (unpaired) electrons. The molecule has 0 amide bonds. The van der Waals surface area contributed by atoms with Gasteiger partial charge >= 0.3 is 0 Å². The Hall–Kier alpha value is -2.67. The van der Waals surface area contributed by atoms with Gasteiger partial charge in [0.05, 0.1) is 25.9 Å². The first-order valence-corrected chi connectivity index (χ1v) is 6.11. The van der Waals surface area contributed by atoms with Gasteiger partial charge in [0.2, 0.25) is 0 Å². The van der Waals surface area contributed by atoms with Crippen LogP contribution in [-0.2, 0) is 6.61 Å². The predicted molar refractivity (Wildman–Crippen MR) is 75.0 cm³/mol. The summed E-state index contributed by atoms with van der Waals surface area (Å²) < 4.78 is 16.2. The normalized spacial score (nSPS) is 9.65. The van der Waals surface area contributed by atoms with Crippen molar-refractivity contribution in [3.05, 3.63) is 53.6 Å². The highest BCUT2D eigenvalue weighted by molar-refractivity contribution is 5.47. The molecule has 0 aliphatic carbocycles. The lowest BCUT2D eigenvalue weighted by molar-refractivity contribution is 0.278. The van der Waals surface area contributed by atoms with Crippen molar-refractivity contribution in [3.63, 3.8) is 0 Å². The van der Waals surface area contributed by atoms with Crippen LogP contribution in [0.4, 0.5) is 0 Å². The van der Waals surface area contributed by atoms with Crippen LogP contribution < -0.4 is 14.2 Å². The summed E-state index contributed by atoms with van der Waals surface area (Å²) in [4.78, 5) is 0. The molecule has 0 saturated carbocycles. The minimum atomic E-state index is 0.343. The summed E-state index contributed by atoms with van der Waals surface area (Å²) in [6.07, 6.45) is 0. The first kappa shape index (κ1) is 13.8. The Morgan fingerprint density at radius 1 is 0.950 bits per heavy atom. The summed E-state index contributed by atoms with van der Waals surface area (Å²) in [5.41, 5.74) is 1.46. The van der Waals surface area contributed by atoms with Gasteiger partial charge in [0.1, 0.15) is 12.4 Å². The number of ether oxygens (including phenoxy) is 3. The van der Waals surface area contributed by atoms with E-state index < -0.39 is 0 Å². The van der Waals surface area contributed by atoms with Crippen molar-refractivity contribution in [2.75, 3.05) is 14.2 Å². The number of rotatable bonds is 5. The highest BCUT2D eigenvalue weighted by Crippen LogP contribution is 2.29. The molecule has 4 nitrogen and oxygen atoms in total. The molecular formula is C16H15NO3. The van der Waals surface area contributed by atoms with Crippen LogP contribution in [0.3, 0.4) is 0 Å². The van der Waals surface area contributed by atoms with Gasteiger partial charge in [-0.1, -0.05) is 18.2 Å². The summed E-state index contributed by atoms with van der Waals surface area (Å²) in [5.74, 6) is 1.90. The van der Waals surface area contributed by atoms with Crippen LogP contribution >= 0.6 is 0 Å². The van der Waals surface area contributed by atoms with E-state index in [4.69, 9.17) is 19.5 Å². The van der Waals surface area contributed by atoms with Gasteiger partial charge in [0, 0.05) is 11.6 Å². The largest absolute Gasteiger partial charge is 0.496 e. The van der Waals surface area contributed by atoms with Crippen molar-refractivity contribution in [2.24, 2.45) is 0 Å². The summed E-state index contributed by atoms with van der Waals surface area (Å²) in [6, 6.07) is 14.8. The van der Waals surface area contributed by atoms with E-state index >= 15 is 0 Å².